The van der Waals surface area contributed by atoms with Crippen LogP contribution in [-0.4, -0.2) is 35.4 Å². The van der Waals surface area contributed by atoms with Gasteiger partial charge in [-0.25, -0.2) is 4.98 Å². The Hall–Kier alpha value is -2.14. The lowest BCUT2D eigenvalue weighted by Crippen LogP contribution is -2.34. The summed E-state index contributed by atoms with van der Waals surface area (Å²) in [5.74, 6) is 1.51. The van der Waals surface area contributed by atoms with E-state index >= 15 is 0 Å². The Labute approximate surface area is 142 Å². The standard InChI is InChI=1S/C19H25N3O2/c1-14-3-5-15(6-4-14)16-11-21-17(24-16)7-8-18(23)22-10-9-19(2,12-20)13-22/h3-6,11H,7-10,12-13,20H2,1-2H3. The molecule has 0 saturated carbocycles. The third kappa shape index (κ3) is 3.67. The Balaban J connectivity index is 1.56. The van der Waals surface area contributed by atoms with E-state index in [-0.39, 0.29) is 11.3 Å². The van der Waals surface area contributed by atoms with Gasteiger partial charge in [-0.15, -0.1) is 0 Å². The van der Waals surface area contributed by atoms with Crippen LogP contribution in [0.4, 0.5) is 0 Å². The molecular formula is C19H25N3O2. The molecule has 2 aromatic rings. The van der Waals surface area contributed by atoms with Gasteiger partial charge in [0.15, 0.2) is 11.7 Å². The number of aromatic nitrogens is 1. The Bertz CT molecular complexity index is 708. The fraction of sp³-hybridized carbons (Fsp3) is 0.474. The van der Waals surface area contributed by atoms with E-state index in [1.807, 2.05) is 29.2 Å². The zero-order chi connectivity index (χ0) is 17.2. The second kappa shape index (κ2) is 6.77. The summed E-state index contributed by atoms with van der Waals surface area (Å²) in [6.45, 7) is 6.36. The van der Waals surface area contributed by atoms with E-state index in [1.165, 1.54) is 5.56 Å². The van der Waals surface area contributed by atoms with Crippen molar-refractivity contribution in [1.29, 1.82) is 0 Å². The largest absolute Gasteiger partial charge is 0.441 e. The molecule has 1 aromatic carbocycles. The SMILES string of the molecule is Cc1ccc(-c2cnc(CCC(=O)N3CCC(C)(CN)C3)o2)cc1. The van der Waals surface area contributed by atoms with Gasteiger partial charge in [0.1, 0.15) is 0 Å². The fourth-order valence-electron chi connectivity index (χ4n) is 3.05. The first-order valence-electron chi connectivity index (χ1n) is 8.49. The number of rotatable bonds is 5. The highest BCUT2D eigenvalue weighted by molar-refractivity contribution is 5.76. The van der Waals surface area contributed by atoms with Crippen LogP contribution in [0, 0.1) is 12.3 Å². The van der Waals surface area contributed by atoms with Gasteiger partial charge >= 0.3 is 0 Å². The maximum absolute atomic E-state index is 12.4. The van der Waals surface area contributed by atoms with Gasteiger partial charge in [-0.1, -0.05) is 36.8 Å². The normalized spacial score (nSPS) is 20.5. The summed E-state index contributed by atoms with van der Waals surface area (Å²) in [6.07, 6.45) is 3.66. The quantitative estimate of drug-likeness (QED) is 0.916. The van der Waals surface area contributed by atoms with Gasteiger partial charge in [0.25, 0.3) is 0 Å². The van der Waals surface area contributed by atoms with Crippen LogP contribution in [0.2, 0.25) is 0 Å². The average Bonchev–Trinajstić information content (AvgIpc) is 3.21. The summed E-state index contributed by atoms with van der Waals surface area (Å²) < 4.78 is 5.78. The Morgan fingerprint density at radius 3 is 2.79 bits per heavy atom. The second-order valence-electron chi connectivity index (χ2n) is 7.06. The molecule has 1 aliphatic heterocycles. The summed E-state index contributed by atoms with van der Waals surface area (Å²) in [5, 5.41) is 0. The molecule has 5 nitrogen and oxygen atoms in total. The molecular weight excluding hydrogens is 302 g/mol. The predicted octanol–water partition coefficient (Wildman–Crippen LogP) is 2.78. The van der Waals surface area contributed by atoms with Crippen LogP contribution in [0.25, 0.3) is 11.3 Å². The van der Waals surface area contributed by atoms with E-state index in [9.17, 15) is 4.79 Å². The predicted molar refractivity (Wildman–Crippen MR) is 93.4 cm³/mol. The first-order valence-corrected chi connectivity index (χ1v) is 8.49. The lowest BCUT2D eigenvalue weighted by molar-refractivity contribution is -0.130. The van der Waals surface area contributed by atoms with Crippen LogP contribution in [0.5, 0.6) is 0 Å². The van der Waals surface area contributed by atoms with Gasteiger partial charge in [-0.2, -0.15) is 0 Å². The lowest BCUT2D eigenvalue weighted by atomic mass is 9.90. The maximum atomic E-state index is 12.4. The summed E-state index contributed by atoms with van der Waals surface area (Å²) in [5.41, 5.74) is 8.08. The number of carbonyl (C=O) groups excluding carboxylic acids is 1. The molecule has 0 spiro atoms. The van der Waals surface area contributed by atoms with Crippen LogP contribution in [0.3, 0.4) is 0 Å². The molecule has 0 radical (unpaired) electrons. The molecule has 1 atom stereocenters. The maximum Gasteiger partial charge on any atom is 0.223 e. The van der Waals surface area contributed by atoms with Crippen molar-refractivity contribution in [2.45, 2.75) is 33.1 Å². The number of carbonyl (C=O) groups is 1. The molecule has 2 N–H and O–H groups in total. The Kier molecular flexibility index (Phi) is 4.71. The number of amides is 1. The van der Waals surface area contributed by atoms with Crippen molar-refractivity contribution in [3.63, 3.8) is 0 Å². The zero-order valence-electron chi connectivity index (χ0n) is 14.4. The summed E-state index contributed by atoms with van der Waals surface area (Å²) in [7, 11) is 0. The third-order valence-corrected chi connectivity index (χ3v) is 4.85. The van der Waals surface area contributed by atoms with Gasteiger partial charge in [0.2, 0.25) is 5.91 Å². The van der Waals surface area contributed by atoms with Gasteiger partial charge in [0, 0.05) is 31.5 Å². The molecule has 1 unspecified atom stereocenters. The number of benzene rings is 1. The average molecular weight is 327 g/mol. The van der Waals surface area contributed by atoms with Crippen molar-refractivity contribution in [2.24, 2.45) is 11.1 Å². The van der Waals surface area contributed by atoms with Crippen LogP contribution < -0.4 is 5.73 Å². The van der Waals surface area contributed by atoms with E-state index in [1.54, 1.807) is 6.20 Å². The van der Waals surface area contributed by atoms with Gasteiger partial charge in [-0.3, -0.25) is 4.79 Å². The van der Waals surface area contributed by atoms with E-state index in [4.69, 9.17) is 10.2 Å². The number of likely N-dealkylation sites (tertiary alicyclic amines) is 1. The smallest absolute Gasteiger partial charge is 0.223 e. The second-order valence-corrected chi connectivity index (χ2v) is 7.06. The molecule has 1 aliphatic rings. The van der Waals surface area contributed by atoms with Crippen molar-refractivity contribution < 1.29 is 9.21 Å². The van der Waals surface area contributed by atoms with Gasteiger partial charge in [-0.05, 0) is 25.3 Å². The molecule has 0 bridgehead atoms. The molecule has 3 rings (SSSR count). The van der Waals surface area contributed by atoms with E-state index < -0.39 is 0 Å². The molecule has 1 saturated heterocycles. The van der Waals surface area contributed by atoms with Crippen LogP contribution in [0.15, 0.2) is 34.9 Å². The number of nitrogens with two attached hydrogens (primary N) is 1. The number of hydrogen-bond acceptors (Lipinski definition) is 4. The van der Waals surface area contributed by atoms with Crippen LogP contribution in [0.1, 0.15) is 31.2 Å². The lowest BCUT2D eigenvalue weighted by Gasteiger charge is -2.22. The first kappa shape index (κ1) is 16.7. The minimum absolute atomic E-state index is 0.0667. The molecule has 1 fully saturated rings. The molecule has 0 aliphatic carbocycles. The molecule has 2 heterocycles. The number of nitrogens with zero attached hydrogens (tertiary/aromatic N) is 2. The number of oxazole rings is 1. The minimum atomic E-state index is 0.0667. The highest BCUT2D eigenvalue weighted by Gasteiger charge is 2.34. The van der Waals surface area contributed by atoms with E-state index in [0.29, 0.717) is 25.3 Å². The van der Waals surface area contributed by atoms with Crippen LogP contribution in [-0.2, 0) is 11.2 Å². The monoisotopic (exact) mass is 327 g/mol. The molecule has 5 heteroatoms. The molecule has 1 aromatic heterocycles. The van der Waals surface area contributed by atoms with Gasteiger partial charge < -0.3 is 15.1 Å². The summed E-state index contributed by atoms with van der Waals surface area (Å²) >= 11 is 0. The topological polar surface area (TPSA) is 72.4 Å². The Morgan fingerprint density at radius 1 is 1.38 bits per heavy atom. The van der Waals surface area contributed by atoms with Crippen molar-refractivity contribution >= 4 is 5.91 Å². The minimum Gasteiger partial charge on any atom is -0.441 e. The number of aryl methyl sites for hydroxylation is 2. The van der Waals surface area contributed by atoms with Crippen molar-refractivity contribution in [3.8, 4) is 11.3 Å². The highest BCUT2D eigenvalue weighted by atomic mass is 16.4. The van der Waals surface area contributed by atoms with Crippen molar-refractivity contribution in [3.05, 3.63) is 41.9 Å². The van der Waals surface area contributed by atoms with E-state index in [0.717, 1.165) is 30.8 Å². The molecule has 24 heavy (non-hydrogen) atoms. The first-order chi connectivity index (χ1) is 11.5. The summed E-state index contributed by atoms with van der Waals surface area (Å²) in [6, 6.07) is 8.12. The number of hydrogen-bond donors (Lipinski definition) is 1. The molecule has 1 amide bonds. The van der Waals surface area contributed by atoms with Gasteiger partial charge in [0.05, 0.1) is 6.20 Å². The van der Waals surface area contributed by atoms with Crippen molar-refractivity contribution in [1.82, 2.24) is 9.88 Å². The third-order valence-electron chi connectivity index (χ3n) is 4.85. The van der Waals surface area contributed by atoms with E-state index in [2.05, 4.69) is 18.8 Å². The zero-order valence-corrected chi connectivity index (χ0v) is 14.4. The van der Waals surface area contributed by atoms with Crippen LogP contribution >= 0.6 is 0 Å². The summed E-state index contributed by atoms with van der Waals surface area (Å²) in [4.78, 5) is 18.6. The van der Waals surface area contributed by atoms with Crippen molar-refractivity contribution in [2.75, 3.05) is 19.6 Å². The molecule has 128 valence electrons. The fourth-order valence-corrected chi connectivity index (χ4v) is 3.05. The highest BCUT2D eigenvalue weighted by Crippen LogP contribution is 2.29. The Morgan fingerprint density at radius 2 is 2.12 bits per heavy atom.